The number of thioether (sulfide) groups is 1. The number of thiophene rings is 1. The van der Waals surface area contributed by atoms with Crippen molar-refractivity contribution >= 4 is 34.7 Å². The number of nitrogens with one attached hydrogen (secondary N) is 1. The number of hydrogen-bond acceptors (Lipinski definition) is 3. The molecule has 0 spiro atoms. The number of carbonyl (C=O) groups excluding carboxylic acids is 1. The number of aryl methyl sites for hydroxylation is 1. The third kappa shape index (κ3) is 4.78. The summed E-state index contributed by atoms with van der Waals surface area (Å²) in [6, 6.07) is 9.99. The SMILES string of the molecule is Cc1ccc(C(=O)Nc2ccccc2SCC(F)(F)F)s1. The molecule has 0 fully saturated rings. The van der Waals surface area contributed by atoms with Crippen LogP contribution < -0.4 is 5.32 Å². The second-order valence-electron chi connectivity index (χ2n) is 4.26. The van der Waals surface area contributed by atoms with Gasteiger partial charge < -0.3 is 5.32 Å². The molecule has 1 heterocycles. The van der Waals surface area contributed by atoms with Crippen molar-refractivity contribution in [2.45, 2.75) is 18.0 Å². The average Bonchev–Trinajstić information content (AvgIpc) is 2.83. The summed E-state index contributed by atoms with van der Waals surface area (Å²) in [5.41, 5.74) is 0.391. The van der Waals surface area contributed by atoms with E-state index in [2.05, 4.69) is 5.32 Å². The molecule has 0 radical (unpaired) electrons. The topological polar surface area (TPSA) is 29.1 Å². The molecule has 0 aliphatic heterocycles. The van der Waals surface area contributed by atoms with Crippen LogP contribution in [0, 0.1) is 6.92 Å². The molecule has 1 N–H and O–H groups in total. The summed E-state index contributed by atoms with van der Waals surface area (Å²) >= 11 is 2.00. The Kier molecular flexibility index (Phi) is 4.95. The molecule has 0 aliphatic carbocycles. The molecular weight excluding hydrogens is 319 g/mol. The molecule has 2 nitrogen and oxygen atoms in total. The summed E-state index contributed by atoms with van der Waals surface area (Å²) in [5.74, 6) is -1.30. The van der Waals surface area contributed by atoms with Gasteiger partial charge in [-0.15, -0.1) is 23.1 Å². The highest BCUT2D eigenvalue weighted by Crippen LogP contribution is 2.32. The number of benzene rings is 1. The van der Waals surface area contributed by atoms with E-state index in [9.17, 15) is 18.0 Å². The van der Waals surface area contributed by atoms with Crippen molar-refractivity contribution in [2.75, 3.05) is 11.1 Å². The third-order valence-electron chi connectivity index (χ3n) is 2.49. The van der Waals surface area contributed by atoms with Crippen LogP contribution in [0.15, 0.2) is 41.3 Å². The van der Waals surface area contributed by atoms with E-state index in [0.29, 0.717) is 27.2 Å². The molecule has 0 bridgehead atoms. The smallest absolute Gasteiger partial charge is 0.320 e. The van der Waals surface area contributed by atoms with Gasteiger partial charge in [0.1, 0.15) is 0 Å². The molecule has 1 aromatic heterocycles. The Labute approximate surface area is 128 Å². The van der Waals surface area contributed by atoms with Crippen LogP contribution in [0.2, 0.25) is 0 Å². The van der Waals surface area contributed by atoms with Gasteiger partial charge >= 0.3 is 6.18 Å². The van der Waals surface area contributed by atoms with E-state index in [4.69, 9.17) is 0 Å². The molecule has 0 aliphatic rings. The molecule has 21 heavy (non-hydrogen) atoms. The molecule has 2 aromatic rings. The van der Waals surface area contributed by atoms with Crippen LogP contribution in [0.1, 0.15) is 14.5 Å². The summed E-state index contributed by atoms with van der Waals surface area (Å²) < 4.78 is 36.9. The fraction of sp³-hybridized carbons (Fsp3) is 0.214. The van der Waals surface area contributed by atoms with Crippen molar-refractivity contribution in [3.63, 3.8) is 0 Å². The quantitative estimate of drug-likeness (QED) is 0.802. The number of amides is 1. The van der Waals surface area contributed by atoms with Gasteiger partial charge in [0.05, 0.1) is 16.3 Å². The summed E-state index contributed by atoms with van der Waals surface area (Å²) in [6.07, 6.45) is -4.24. The minimum Gasteiger partial charge on any atom is -0.320 e. The zero-order chi connectivity index (χ0) is 15.5. The number of rotatable bonds is 4. The number of alkyl halides is 3. The molecule has 0 atom stereocenters. The highest BCUT2D eigenvalue weighted by Gasteiger charge is 2.27. The largest absolute Gasteiger partial charge is 0.398 e. The van der Waals surface area contributed by atoms with E-state index in [1.165, 1.54) is 11.3 Å². The van der Waals surface area contributed by atoms with Gasteiger partial charge in [-0.25, -0.2) is 0 Å². The van der Waals surface area contributed by atoms with Crippen molar-refractivity contribution in [1.82, 2.24) is 0 Å². The zero-order valence-electron chi connectivity index (χ0n) is 11.0. The van der Waals surface area contributed by atoms with Gasteiger partial charge in [0.25, 0.3) is 5.91 Å². The number of anilines is 1. The first-order valence-electron chi connectivity index (χ1n) is 6.01. The van der Waals surface area contributed by atoms with E-state index in [1.807, 2.05) is 13.0 Å². The van der Waals surface area contributed by atoms with Crippen LogP contribution in [0.5, 0.6) is 0 Å². The first-order chi connectivity index (χ1) is 9.85. The van der Waals surface area contributed by atoms with Crippen LogP contribution in [0.25, 0.3) is 0 Å². The second-order valence-corrected chi connectivity index (χ2v) is 6.57. The van der Waals surface area contributed by atoms with Gasteiger partial charge in [-0.3, -0.25) is 4.79 Å². The van der Waals surface area contributed by atoms with Crippen molar-refractivity contribution in [1.29, 1.82) is 0 Å². The summed E-state index contributed by atoms with van der Waals surface area (Å²) in [7, 11) is 0. The van der Waals surface area contributed by atoms with E-state index in [1.54, 1.807) is 30.3 Å². The fourth-order valence-electron chi connectivity index (χ4n) is 1.60. The molecule has 2 rings (SSSR count). The van der Waals surface area contributed by atoms with E-state index < -0.39 is 11.9 Å². The molecular formula is C14H12F3NOS2. The number of hydrogen-bond donors (Lipinski definition) is 1. The summed E-state index contributed by atoms with van der Waals surface area (Å²) in [4.78, 5) is 14.0. The number of halogens is 3. The highest BCUT2D eigenvalue weighted by molar-refractivity contribution is 7.99. The van der Waals surface area contributed by atoms with E-state index >= 15 is 0 Å². The predicted molar refractivity (Wildman–Crippen MR) is 80.2 cm³/mol. The van der Waals surface area contributed by atoms with Gasteiger partial charge in [-0.2, -0.15) is 13.2 Å². The molecule has 0 saturated carbocycles. The maximum Gasteiger partial charge on any atom is 0.398 e. The Morgan fingerprint density at radius 3 is 2.57 bits per heavy atom. The first kappa shape index (κ1) is 15.9. The Hall–Kier alpha value is -1.47. The predicted octanol–water partition coefficient (Wildman–Crippen LogP) is 4.96. The lowest BCUT2D eigenvalue weighted by Gasteiger charge is -2.11. The molecule has 0 unspecified atom stereocenters. The molecule has 112 valence electrons. The number of para-hydroxylation sites is 1. The van der Waals surface area contributed by atoms with Gasteiger partial charge in [0.15, 0.2) is 0 Å². The maximum absolute atomic E-state index is 12.3. The van der Waals surface area contributed by atoms with Crippen LogP contribution in [-0.4, -0.2) is 17.8 Å². The molecule has 1 amide bonds. The lowest BCUT2D eigenvalue weighted by atomic mass is 10.3. The number of carbonyl (C=O) groups is 1. The van der Waals surface area contributed by atoms with Crippen LogP contribution in [-0.2, 0) is 0 Å². The van der Waals surface area contributed by atoms with E-state index in [0.717, 1.165) is 4.88 Å². The molecule has 0 saturated heterocycles. The van der Waals surface area contributed by atoms with Crippen molar-refractivity contribution in [2.24, 2.45) is 0 Å². The fourth-order valence-corrected chi connectivity index (χ4v) is 3.13. The normalized spacial score (nSPS) is 11.4. The van der Waals surface area contributed by atoms with Crippen molar-refractivity contribution in [3.05, 3.63) is 46.2 Å². The standard InChI is InChI=1S/C14H12F3NOS2/c1-9-6-7-12(21-9)13(19)18-10-4-2-3-5-11(10)20-8-14(15,16)17/h2-7H,8H2,1H3,(H,18,19). The second kappa shape index (κ2) is 6.53. The van der Waals surface area contributed by atoms with Gasteiger partial charge in [0.2, 0.25) is 0 Å². The van der Waals surface area contributed by atoms with Crippen molar-refractivity contribution in [3.8, 4) is 0 Å². The lowest BCUT2D eigenvalue weighted by Crippen LogP contribution is -2.13. The van der Waals surface area contributed by atoms with Gasteiger partial charge in [0, 0.05) is 9.77 Å². The Morgan fingerprint density at radius 2 is 1.95 bits per heavy atom. The average molecular weight is 331 g/mol. The molecule has 1 aromatic carbocycles. The third-order valence-corrected chi connectivity index (χ3v) is 4.63. The monoisotopic (exact) mass is 331 g/mol. The minimum atomic E-state index is -4.24. The van der Waals surface area contributed by atoms with Gasteiger partial charge in [-0.05, 0) is 31.2 Å². The minimum absolute atomic E-state index is 0.312. The van der Waals surface area contributed by atoms with Crippen molar-refractivity contribution < 1.29 is 18.0 Å². The van der Waals surface area contributed by atoms with E-state index in [-0.39, 0.29) is 5.91 Å². The maximum atomic E-state index is 12.3. The first-order valence-corrected chi connectivity index (χ1v) is 7.82. The Balaban J connectivity index is 2.11. The van der Waals surface area contributed by atoms with Crippen LogP contribution >= 0.6 is 23.1 Å². The van der Waals surface area contributed by atoms with Crippen LogP contribution in [0.3, 0.4) is 0 Å². The van der Waals surface area contributed by atoms with Gasteiger partial charge in [-0.1, -0.05) is 12.1 Å². The molecule has 7 heteroatoms. The highest BCUT2D eigenvalue weighted by atomic mass is 32.2. The Bertz CT molecular complexity index is 637. The summed E-state index contributed by atoms with van der Waals surface area (Å²) in [5, 5.41) is 2.66. The Morgan fingerprint density at radius 1 is 1.24 bits per heavy atom. The lowest BCUT2D eigenvalue weighted by molar-refractivity contribution is -0.105. The van der Waals surface area contributed by atoms with Crippen LogP contribution in [0.4, 0.5) is 18.9 Å². The summed E-state index contributed by atoms with van der Waals surface area (Å²) in [6.45, 7) is 1.88. The zero-order valence-corrected chi connectivity index (χ0v) is 12.7.